The summed E-state index contributed by atoms with van der Waals surface area (Å²) in [5.74, 6) is -1.41. The van der Waals surface area contributed by atoms with Crippen molar-refractivity contribution >= 4 is 40.7 Å². The lowest BCUT2D eigenvalue weighted by Crippen LogP contribution is -2.49. The highest BCUT2D eigenvalue weighted by atomic mass is 35.5. The van der Waals surface area contributed by atoms with Gasteiger partial charge in [-0.2, -0.15) is 0 Å². The molecule has 0 spiro atoms. The Hall–Kier alpha value is -3.75. The summed E-state index contributed by atoms with van der Waals surface area (Å²) in [6, 6.07) is 16.1. The van der Waals surface area contributed by atoms with E-state index in [4.69, 9.17) is 17.3 Å². The van der Waals surface area contributed by atoms with Gasteiger partial charge in [0.05, 0.1) is 23.8 Å². The number of nitrogens with zero attached hydrogens (tertiary/aromatic N) is 1. The summed E-state index contributed by atoms with van der Waals surface area (Å²) >= 11 is 6.03. The molecule has 1 fully saturated rings. The van der Waals surface area contributed by atoms with Crippen LogP contribution in [0.25, 0.3) is 0 Å². The van der Waals surface area contributed by atoms with Crippen LogP contribution in [-0.4, -0.2) is 29.8 Å². The number of rotatable bonds is 4. The zero-order valence-corrected chi connectivity index (χ0v) is 21.4. The van der Waals surface area contributed by atoms with Crippen LogP contribution < -0.4 is 21.3 Å². The van der Waals surface area contributed by atoms with Crippen molar-refractivity contribution in [2.75, 3.05) is 10.2 Å². The van der Waals surface area contributed by atoms with Gasteiger partial charge in [0, 0.05) is 28.2 Å². The lowest BCUT2D eigenvalue weighted by Gasteiger charge is -2.31. The third kappa shape index (κ3) is 5.42. The lowest BCUT2D eigenvalue weighted by atomic mass is 9.91. The zero-order valence-electron chi connectivity index (χ0n) is 20.6. The molecule has 0 saturated heterocycles. The first-order valence-corrected chi connectivity index (χ1v) is 13.0. The highest BCUT2D eigenvalue weighted by Crippen LogP contribution is 2.40. The molecule has 0 bridgehead atoms. The Bertz CT molecular complexity index is 1360. The fraction of sp³-hybridized carbons (Fsp3) is 0.276. The number of amides is 3. The molecule has 2 aliphatic rings. The monoisotopic (exact) mass is 534 g/mol. The highest BCUT2D eigenvalue weighted by molar-refractivity contribution is 6.30. The largest absolute Gasteiger partial charge is 0.348 e. The summed E-state index contributed by atoms with van der Waals surface area (Å²) in [4.78, 5) is 41.5. The number of fused-ring (bicyclic) bond motifs is 1. The molecule has 3 atom stereocenters. The second-order valence-corrected chi connectivity index (χ2v) is 10.2. The van der Waals surface area contributed by atoms with Crippen LogP contribution in [0, 0.1) is 5.82 Å². The molecule has 38 heavy (non-hydrogen) atoms. The maximum absolute atomic E-state index is 13.9. The summed E-state index contributed by atoms with van der Waals surface area (Å²) < 4.78 is 13.7. The van der Waals surface area contributed by atoms with Gasteiger partial charge >= 0.3 is 0 Å². The minimum atomic E-state index is -0.708. The van der Waals surface area contributed by atoms with Crippen molar-refractivity contribution < 1.29 is 18.8 Å². The van der Waals surface area contributed by atoms with Crippen molar-refractivity contribution in [2.24, 2.45) is 5.73 Å². The van der Waals surface area contributed by atoms with Gasteiger partial charge in [0.25, 0.3) is 11.8 Å². The summed E-state index contributed by atoms with van der Waals surface area (Å²) in [6.45, 7) is 0. The summed E-state index contributed by atoms with van der Waals surface area (Å²) in [5, 5.41) is 6.36. The van der Waals surface area contributed by atoms with Crippen LogP contribution in [0.3, 0.4) is 0 Å². The molecule has 0 radical (unpaired) electrons. The molecule has 3 amide bonds. The SMILES string of the molecule is NC1CCCCC1NC(=O)c1ccc2c(c1)NC(=O)CC(c1ccc(F)cc1)N2C(=O)c1ccc(Cl)cc1. The van der Waals surface area contributed by atoms with Crippen molar-refractivity contribution in [3.05, 3.63) is 94.3 Å². The lowest BCUT2D eigenvalue weighted by molar-refractivity contribution is -0.116. The van der Waals surface area contributed by atoms with Gasteiger partial charge in [0.2, 0.25) is 5.91 Å². The Balaban J connectivity index is 1.54. The number of halogens is 2. The number of hydrogen-bond acceptors (Lipinski definition) is 4. The molecule has 1 heterocycles. The van der Waals surface area contributed by atoms with Crippen molar-refractivity contribution in [1.29, 1.82) is 0 Å². The van der Waals surface area contributed by atoms with Gasteiger partial charge in [-0.25, -0.2) is 4.39 Å². The van der Waals surface area contributed by atoms with E-state index in [1.165, 1.54) is 17.0 Å². The number of benzene rings is 3. The predicted molar refractivity (Wildman–Crippen MR) is 145 cm³/mol. The average molecular weight is 535 g/mol. The highest BCUT2D eigenvalue weighted by Gasteiger charge is 2.35. The molecular weight excluding hydrogens is 507 g/mol. The molecule has 7 nitrogen and oxygen atoms in total. The van der Waals surface area contributed by atoms with E-state index in [2.05, 4.69) is 10.6 Å². The van der Waals surface area contributed by atoms with Crippen LogP contribution in [0.5, 0.6) is 0 Å². The Morgan fingerprint density at radius 3 is 2.37 bits per heavy atom. The van der Waals surface area contributed by atoms with E-state index in [0.29, 0.717) is 33.1 Å². The van der Waals surface area contributed by atoms with E-state index in [-0.39, 0.29) is 36.2 Å². The van der Waals surface area contributed by atoms with Crippen molar-refractivity contribution in [2.45, 2.75) is 50.2 Å². The fourth-order valence-corrected chi connectivity index (χ4v) is 5.27. The first-order chi connectivity index (χ1) is 18.3. The molecule has 9 heteroatoms. The van der Waals surface area contributed by atoms with Crippen molar-refractivity contribution in [1.82, 2.24) is 5.32 Å². The van der Waals surface area contributed by atoms with Gasteiger partial charge in [-0.3, -0.25) is 19.3 Å². The summed E-state index contributed by atoms with van der Waals surface area (Å²) in [5.41, 5.74) is 8.29. The number of carbonyl (C=O) groups excluding carboxylic acids is 3. The maximum Gasteiger partial charge on any atom is 0.258 e. The number of hydrogen-bond donors (Lipinski definition) is 3. The van der Waals surface area contributed by atoms with Crippen molar-refractivity contribution in [3.8, 4) is 0 Å². The van der Waals surface area contributed by atoms with Gasteiger partial charge in [0.15, 0.2) is 0 Å². The van der Waals surface area contributed by atoms with Gasteiger partial charge in [0.1, 0.15) is 5.82 Å². The maximum atomic E-state index is 13.9. The molecule has 4 N–H and O–H groups in total. The minimum Gasteiger partial charge on any atom is -0.348 e. The Kier molecular flexibility index (Phi) is 7.44. The van der Waals surface area contributed by atoms with Crippen LogP contribution in [0.2, 0.25) is 5.02 Å². The van der Waals surface area contributed by atoms with Gasteiger partial charge in [-0.15, -0.1) is 0 Å². The van der Waals surface area contributed by atoms with Gasteiger partial charge in [-0.05, 0) is 73.0 Å². The van der Waals surface area contributed by atoms with Crippen LogP contribution in [0.15, 0.2) is 66.7 Å². The molecule has 3 aromatic carbocycles. The number of nitrogens with two attached hydrogens (primary N) is 1. The van der Waals surface area contributed by atoms with Crippen LogP contribution in [0.4, 0.5) is 15.8 Å². The Morgan fingerprint density at radius 2 is 1.66 bits per heavy atom. The van der Waals surface area contributed by atoms with Gasteiger partial charge in [-0.1, -0.05) is 36.6 Å². The topological polar surface area (TPSA) is 105 Å². The van der Waals surface area contributed by atoms with Crippen molar-refractivity contribution in [3.63, 3.8) is 0 Å². The fourth-order valence-electron chi connectivity index (χ4n) is 5.15. The van der Waals surface area contributed by atoms with Crippen LogP contribution in [0.1, 0.15) is 64.4 Å². The quantitative estimate of drug-likeness (QED) is 0.427. The molecule has 3 unspecified atom stereocenters. The van der Waals surface area contributed by atoms with Gasteiger partial charge < -0.3 is 16.4 Å². The van der Waals surface area contributed by atoms with E-state index < -0.39 is 11.9 Å². The van der Waals surface area contributed by atoms with E-state index in [9.17, 15) is 18.8 Å². The summed E-state index contributed by atoms with van der Waals surface area (Å²) in [7, 11) is 0. The standard InChI is InChI=1S/C29H28ClFN4O3/c30-20-10-5-18(6-11-20)29(38)35-25-14-9-19(28(37)34-23-4-2-1-3-22(23)32)15-24(25)33-27(36)16-26(35)17-7-12-21(31)13-8-17/h5-15,22-23,26H,1-4,16,32H2,(H,33,36)(H,34,37). The number of anilines is 2. The third-order valence-corrected chi connectivity index (χ3v) is 7.44. The first kappa shape index (κ1) is 25.9. The Morgan fingerprint density at radius 1 is 0.974 bits per heavy atom. The molecule has 1 aliphatic heterocycles. The van der Waals surface area contributed by atoms with E-state index in [1.807, 2.05) is 0 Å². The second-order valence-electron chi connectivity index (χ2n) is 9.76. The molecule has 1 aliphatic carbocycles. The molecule has 5 rings (SSSR count). The molecule has 0 aromatic heterocycles. The Labute approximate surface area is 225 Å². The third-order valence-electron chi connectivity index (χ3n) is 7.18. The number of carbonyl (C=O) groups is 3. The van der Waals surface area contributed by atoms with E-state index in [1.54, 1.807) is 54.6 Å². The molecule has 1 saturated carbocycles. The molecular formula is C29H28ClFN4O3. The van der Waals surface area contributed by atoms with Crippen LogP contribution in [-0.2, 0) is 4.79 Å². The average Bonchev–Trinajstić information content (AvgIpc) is 3.05. The second kappa shape index (κ2) is 10.9. The van der Waals surface area contributed by atoms with E-state index in [0.717, 1.165) is 25.7 Å². The van der Waals surface area contributed by atoms with Crippen LogP contribution >= 0.6 is 11.6 Å². The number of nitrogens with one attached hydrogen (secondary N) is 2. The zero-order chi connectivity index (χ0) is 26.8. The first-order valence-electron chi connectivity index (χ1n) is 12.6. The summed E-state index contributed by atoms with van der Waals surface area (Å²) in [6.07, 6.45) is 3.67. The normalized spacial score (nSPS) is 21.2. The molecule has 196 valence electrons. The smallest absolute Gasteiger partial charge is 0.258 e. The molecule has 3 aromatic rings. The predicted octanol–water partition coefficient (Wildman–Crippen LogP) is 5.21. The van der Waals surface area contributed by atoms with E-state index >= 15 is 0 Å². The minimum absolute atomic E-state index is 0.0574.